The summed E-state index contributed by atoms with van der Waals surface area (Å²) in [5.41, 5.74) is 2.59. The normalized spacial score (nSPS) is 19.3. The van der Waals surface area contributed by atoms with Crippen molar-refractivity contribution in [3.63, 3.8) is 0 Å². The van der Waals surface area contributed by atoms with Crippen LogP contribution in [0.3, 0.4) is 0 Å². The highest BCUT2D eigenvalue weighted by Gasteiger charge is 2.37. The minimum absolute atomic E-state index is 0.170. The standard InChI is InChI=1S/C20H22N4O5/c1-27-16-6-4-12(10-17(16)28-2)19-18(11-25)29-8-7-24(19)20(26)13-3-5-14-15(9-13)22-23-21-14/h3-6,9-10,18-19,25H,7-8,11H2,1-2H3,(H,21,22,23)/t18-,19-/m0/s1. The van der Waals surface area contributed by atoms with E-state index in [1.165, 1.54) is 0 Å². The summed E-state index contributed by atoms with van der Waals surface area (Å²) in [6.07, 6.45) is -0.554. The quantitative estimate of drug-likeness (QED) is 0.671. The maximum atomic E-state index is 13.4. The number of carbonyl (C=O) groups is 1. The molecule has 1 amide bonds. The molecule has 2 aromatic carbocycles. The lowest BCUT2D eigenvalue weighted by Gasteiger charge is -2.41. The topological polar surface area (TPSA) is 110 Å². The number of amides is 1. The molecule has 2 heterocycles. The average molecular weight is 398 g/mol. The highest BCUT2D eigenvalue weighted by atomic mass is 16.5. The Hall–Kier alpha value is -3.17. The second kappa shape index (κ2) is 8.06. The molecule has 0 unspecified atom stereocenters. The first-order valence-corrected chi connectivity index (χ1v) is 9.22. The van der Waals surface area contributed by atoms with Crippen molar-refractivity contribution in [2.45, 2.75) is 12.1 Å². The van der Waals surface area contributed by atoms with Crippen molar-refractivity contribution in [2.24, 2.45) is 0 Å². The first-order chi connectivity index (χ1) is 14.2. The Morgan fingerprint density at radius 2 is 1.97 bits per heavy atom. The lowest BCUT2D eigenvalue weighted by Crippen LogP contribution is -2.49. The number of H-pyrrole nitrogens is 1. The predicted molar refractivity (Wildman–Crippen MR) is 104 cm³/mol. The summed E-state index contributed by atoms with van der Waals surface area (Å²) in [7, 11) is 3.12. The average Bonchev–Trinajstić information content (AvgIpc) is 3.25. The van der Waals surface area contributed by atoms with E-state index in [4.69, 9.17) is 14.2 Å². The number of methoxy groups -OCH3 is 2. The van der Waals surface area contributed by atoms with Crippen LogP contribution in [0.15, 0.2) is 36.4 Å². The first kappa shape index (κ1) is 19.2. The molecule has 152 valence electrons. The zero-order valence-corrected chi connectivity index (χ0v) is 16.2. The van der Waals surface area contributed by atoms with Crippen LogP contribution in [-0.2, 0) is 4.74 Å². The number of morpholine rings is 1. The third-order valence-corrected chi connectivity index (χ3v) is 5.11. The third-order valence-electron chi connectivity index (χ3n) is 5.11. The number of nitrogens with one attached hydrogen (secondary N) is 1. The van der Waals surface area contributed by atoms with Gasteiger partial charge in [-0.15, -0.1) is 0 Å². The molecule has 1 fully saturated rings. The van der Waals surface area contributed by atoms with Crippen LogP contribution in [0.2, 0.25) is 0 Å². The summed E-state index contributed by atoms with van der Waals surface area (Å²) >= 11 is 0. The Bertz CT molecular complexity index is 1020. The Morgan fingerprint density at radius 1 is 1.17 bits per heavy atom. The number of aliphatic hydroxyl groups is 1. The van der Waals surface area contributed by atoms with Crippen molar-refractivity contribution in [2.75, 3.05) is 34.0 Å². The molecule has 2 N–H and O–H groups in total. The molecule has 0 spiro atoms. The number of aliphatic hydroxyl groups excluding tert-OH is 1. The van der Waals surface area contributed by atoms with Crippen LogP contribution in [-0.4, -0.2) is 71.4 Å². The van der Waals surface area contributed by atoms with Crippen molar-refractivity contribution in [1.82, 2.24) is 20.3 Å². The van der Waals surface area contributed by atoms with Crippen molar-refractivity contribution in [1.29, 1.82) is 0 Å². The van der Waals surface area contributed by atoms with Gasteiger partial charge >= 0.3 is 0 Å². The van der Waals surface area contributed by atoms with Crippen molar-refractivity contribution >= 4 is 16.9 Å². The largest absolute Gasteiger partial charge is 0.493 e. The van der Waals surface area contributed by atoms with E-state index in [0.717, 1.165) is 5.56 Å². The van der Waals surface area contributed by atoms with E-state index in [-0.39, 0.29) is 12.5 Å². The number of aromatic amines is 1. The fourth-order valence-corrected chi connectivity index (χ4v) is 3.68. The van der Waals surface area contributed by atoms with E-state index in [9.17, 15) is 9.90 Å². The SMILES string of the molecule is COc1ccc([C@H]2[C@H](CO)OCCN2C(=O)c2ccc3n[nH]nc3c2)cc1OC. The molecule has 9 heteroatoms. The van der Waals surface area contributed by atoms with Gasteiger partial charge in [0.15, 0.2) is 11.5 Å². The Kier molecular flexibility index (Phi) is 5.32. The van der Waals surface area contributed by atoms with Gasteiger partial charge in [-0.05, 0) is 35.9 Å². The molecule has 1 saturated heterocycles. The van der Waals surface area contributed by atoms with Crippen LogP contribution in [0.25, 0.3) is 11.0 Å². The fourth-order valence-electron chi connectivity index (χ4n) is 3.68. The van der Waals surface area contributed by atoms with Crippen LogP contribution in [0.4, 0.5) is 0 Å². The zero-order valence-electron chi connectivity index (χ0n) is 16.2. The fraction of sp³-hybridized carbons (Fsp3) is 0.350. The van der Waals surface area contributed by atoms with Gasteiger partial charge in [-0.1, -0.05) is 6.07 Å². The molecule has 0 bridgehead atoms. The van der Waals surface area contributed by atoms with E-state index >= 15 is 0 Å². The molecule has 1 aliphatic rings. The minimum atomic E-state index is -0.554. The maximum absolute atomic E-state index is 13.4. The van der Waals surface area contributed by atoms with Crippen molar-refractivity contribution in [3.05, 3.63) is 47.5 Å². The molecular weight excluding hydrogens is 376 g/mol. The van der Waals surface area contributed by atoms with Crippen LogP contribution in [0.1, 0.15) is 22.0 Å². The molecule has 1 aliphatic heterocycles. The summed E-state index contributed by atoms with van der Waals surface area (Å²) in [4.78, 5) is 15.1. The van der Waals surface area contributed by atoms with E-state index in [1.54, 1.807) is 43.4 Å². The molecule has 29 heavy (non-hydrogen) atoms. The molecule has 1 aromatic heterocycles. The summed E-state index contributed by atoms with van der Waals surface area (Å²) in [5.74, 6) is 0.961. The lowest BCUT2D eigenvalue weighted by atomic mass is 9.96. The number of fused-ring (bicyclic) bond motifs is 1. The van der Waals surface area contributed by atoms with Gasteiger partial charge in [0, 0.05) is 12.1 Å². The smallest absolute Gasteiger partial charge is 0.254 e. The highest BCUT2D eigenvalue weighted by Crippen LogP contribution is 2.36. The molecule has 0 aliphatic carbocycles. The van der Waals surface area contributed by atoms with Crippen LogP contribution in [0.5, 0.6) is 11.5 Å². The molecule has 9 nitrogen and oxygen atoms in total. The highest BCUT2D eigenvalue weighted by molar-refractivity contribution is 5.97. The number of hydrogen-bond acceptors (Lipinski definition) is 7. The summed E-state index contributed by atoms with van der Waals surface area (Å²) in [6, 6.07) is 10.1. The van der Waals surface area contributed by atoms with Gasteiger partial charge in [-0.2, -0.15) is 15.4 Å². The third kappa shape index (κ3) is 3.50. The second-order valence-corrected chi connectivity index (χ2v) is 6.68. The van der Waals surface area contributed by atoms with Gasteiger partial charge < -0.3 is 24.2 Å². The Balaban J connectivity index is 1.72. The Morgan fingerprint density at radius 3 is 2.72 bits per heavy atom. The minimum Gasteiger partial charge on any atom is -0.493 e. The molecular formula is C20H22N4O5. The summed E-state index contributed by atoms with van der Waals surface area (Å²) < 4.78 is 16.5. The molecule has 2 atom stereocenters. The van der Waals surface area contributed by atoms with E-state index in [2.05, 4.69) is 15.4 Å². The summed E-state index contributed by atoms with van der Waals surface area (Å²) in [5, 5.41) is 20.5. The number of aromatic nitrogens is 3. The van der Waals surface area contributed by atoms with E-state index in [0.29, 0.717) is 41.2 Å². The second-order valence-electron chi connectivity index (χ2n) is 6.68. The van der Waals surface area contributed by atoms with Crippen molar-refractivity contribution < 1.29 is 24.1 Å². The lowest BCUT2D eigenvalue weighted by molar-refractivity contribution is -0.0811. The molecule has 0 radical (unpaired) electrons. The number of carbonyl (C=O) groups excluding carboxylic acids is 1. The van der Waals surface area contributed by atoms with Crippen LogP contribution >= 0.6 is 0 Å². The number of benzene rings is 2. The van der Waals surface area contributed by atoms with Crippen molar-refractivity contribution in [3.8, 4) is 11.5 Å². The van der Waals surface area contributed by atoms with Gasteiger partial charge in [-0.25, -0.2) is 0 Å². The number of rotatable bonds is 5. The van der Waals surface area contributed by atoms with Gasteiger partial charge in [0.05, 0.1) is 33.5 Å². The zero-order chi connectivity index (χ0) is 20.4. The van der Waals surface area contributed by atoms with E-state index < -0.39 is 12.1 Å². The first-order valence-electron chi connectivity index (χ1n) is 9.22. The van der Waals surface area contributed by atoms with Gasteiger partial charge in [0.2, 0.25) is 0 Å². The molecule has 4 rings (SSSR count). The number of hydrogen-bond donors (Lipinski definition) is 2. The Labute approximate surface area is 167 Å². The summed E-state index contributed by atoms with van der Waals surface area (Å²) in [6.45, 7) is 0.517. The van der Waals surface area contributed by atoms with Crippen LogP contribution in [0, 0.1) is 0 Å². The molecule has 3 aromatic rings. The maximum Gasteiger partial charge on any atom is 0.254 e. The monoisotopic (exact) mass is 398 g/mol. The van der Waals surface area contributed by atoms with Gasteiger partial charge in [0.1, 0.15) is 17.1 Å². The molecule has 0 saturated carbocycles. The van der Waals surface area contributed by atoms with Gasteiger partial charge in [0.25, 0.3) is 5.91 Å². The number of nitrogens with zero attached hydrogens (tertiary/aromatic N) is 3. The van der Waals surface area contributed by atoms with E-state index in [1.807, 2.05) is 12.1 Å². The predicted octanol–water partition coefficient (Wildman–Crippen LogP) is 1.55. The van der Waals surface area contributed by atoms with Crippen LogP contribution < -0.4 is 9.47 Å². The van der Waals surface area contributed by atoms with Gasteiger partial charge in [-0.3, -0.25) is 4.79 Å². The number of ether oxygens (including phenoxy) is 3.